The van der Waals surface area contributed by atoms with E-state index in [4.69, 9.17) is 4.74 Å². The first-order chi connectivity index (χ1) is 10.2. The van der Waals surface area contributed by atoms with Gasteiger partial charge in [0.05, 0.1) is 18.3 Å². The van der Waals surface area contributed by atoms with Gasteiger partial charge in [-0.25, -0.2) is 4.39 Å². The lowest BCUT2D eigenvalue weighted by Crippen LogP contribution is -2.19. The van der Waals surface area contributed by atoms with Crippen molar-refractivity contribution in [3.63, 3.8) is 0 Å². The van der Waals surface area contributed by atoms with Crippen LogP contribution in [0, 0.1) is 12.7 Å². The highest BCUT2D eigenvalue weighted by molar-refractivity contribution is 5.97. The largest absolute Gasteiger partial charge is 0.373 e. The number of ether oxygens (including phenoxy) is 1. The van der Waals surface area contributed by atoms with Crippen LogP contribution in [0.4, 0.5) is 4.39 Å². The Morgan fingerprint density at radius 1 is 1.24 bits per heavy atom. The Morgan fingerprint density at radius 2 is 2.05 bits per heavy atom. The van der Waals surface area contributed by atoms with Crippen LogP contribution in [0.25, 0.3) is 0 Å². The number of halogens is 1. The fourth-order valence-electron chi connectivity index (χ4n) is 2.79. The minimum absolute atomic E-state index is 0.154. The zero-order valence-electron chi connectivity index (χ0n) is 11.9. The number of benzene rings is 2. The Morgan fingerprint density at radius 3 is 2.90 bits per heavy atom. The van der Waals surface area contributed by atoms with Gasteiger partial charge in [-0.1, -0.05) is 36.4 Å². The molecule has 0 N–H and O–H groups in total. The smallest absolute Gasteiger partial charge is 0.168 e. The first kappa shape index (κ1) is 14.0. The highest BCUT2D eigenvalue weighted by Gasteiger charge is 2.24. The zero-order valence-corrected chi connectivity index (χ0v) is 11.9. The van der Waals surface area contributed by atoms with Crippen molar-refractivity contribution in [3.8, 4) is 0 Å². The molecule has 0 spiro atoms. The highest BCUT2D eigenvalue weighted by Crippen LogP contribution is 2.31. The van der Waals surface area contributed by atoms with E-state index < -0.39 is 5.82 Å². The molecule has 3 heteroatoms. The third kappa shape index (κ3) is 2.74. The van der Waals surface area contributed by atoms with Crippen molar-refractivity contribution in [3.05, 3.63) is 70.5 Å². The van der Waals surface area contributed by atoms with Gasteiger partial charge in [0.15, 0.2) is 5.78 Å². The third-order valence-electron chi connectivity index (χ3n) is 3.96. The van der Waals surface area contributed by atoms with Crippen LogP contribution in [-0.2, 0) is 11.2 Å². The quantitative estimate of drug-likeness (QED) is 0.796. The summed E-state index contributed by atoms with van der Waals surface area (Å²) in [6.45, 7) is 2.27. The number of carbonyl (C=O) groups excluding carboxylic acids is 1. The van der Waals surface area contributed by atoms with E-state index in [2.05, 4.69) is 6.07 Å². The summed E-state index contributed by atoms with van der Waals surface area (Å²) < 4.78 is 19.8. The van der Waals surface area contributed by atoms with Gasteiger partial charge in [-0.05, 0) is 36.1 Å². The molecule has 0 fully saturated rings. The zero-order chi connectivity index (χ0) is 14.8. The molecule has 1 aliphatic rings. The van der Waals surface area contributed by atoms with E-state index in [-0.39, 0.29) is 23.9 Å². The normalized spacial score (nSPS) is 17.3. The Hall–Kier alpha value is -2.00. The molecule has 0 aromatic heterocycles. The van der Waals surface area contributed by atoms with Crippen molar-refractivity contribution >= 4 is 5.78 Å². The molecule has 3 rings (SSSR count). The molecule has 0 radical (unpaired) electrons. The van der Waals surface area contributed by atoms with Crippen molar-refractivity contribution < 1.29 is 13.9 Å². The monoisotopic (exact) mass is 284 g/mol. The minimum Gasteiger partial charge on any atom is -0.373 e. The Labute approximate surface area is 123 Å². The lowest BCUT2D eigenvalue weighted by atomic mass is 9.93. The topological polar surface area (TPSA) is 26.3 Å². The average Bonchev–Trinajstić information content (AvgIpc) is 2.50. The molecular formula is C18H17FO2. The van der Waals surface area contributed by atoms with E-state index in [1.165, 1.54) is 5.56 Å². The van der Waals surface area contributed by atoms with Crippen LogP contribution in [0.15, 0.2) is 42.5 Å². The molecule has 0 bridgehead atoms. The van der Waals surface area contributed by atoms with Gasteiger partial charge in [-0.2, -0.15) is 0 Å². The second-order valence-electron chi connectivity index (χ2n) is 5.37. The Bertz CT molecular complexity index is 679. The molecule has 0 saturated carbocycles. The van der Waals surface area contributed by atoms with Crippen molar-refractivity contribution in [2.24, 2.45) is 0 Å². The molecule has 21 heavy (non-hydrogen) atoms. The predicted octanol–water partition coefficient (Wildman–Crippen LogP) is 4.02. The number of hydrogen-bond donors (Lipinski definition) is 0. The van der Waals surface area contributed by atoms with Gasteiger partial charge >= 0.3 is 0 Å². The summed E-state index contributed by atoms with van der Waals surface area (Å²) in [7, 11) is 0. The van der Waals surface area contributed by atoms with E-state index in [0.717, 1.165) is 12.0 Å². The summed E-state index contributed by atoms with van der Waals surface area (Å²) >= 11 is 0. The van der Waals surface area contributed by atoms with Crippen LogP contribution < -0.4 is 0 Å². The fourth-order valence-corrected chi connectivity index (χ4v) is 2.79. The number of ketones is 1. The standard InChI is InChI=1S/C18H17FO2/c1-12-5-4-8-15(18(12)19)16(20)11-17-14-7-3-2-6-13(14)9-10-21-17/h2-8,17H,9-11H2,1H3. The number of Topliss-reactive ketones (excluding diaryl/α,β-unsaturated/α-hetero) is 1. The van der Waals surface area contributed by atoms with Crippen molar-refractivity contribution in [1.29, 1.82) is 0 Å². The molecule has 0 aliphatic carbocycles. The molecule has 1 heterocycles. The summed E-state index contributed by atoms with van der Waals surface area (Å²) in [6, 6.07) is 12.9. The highest BCUT2D eigenvalue weighted by atomic mass is 19.1. The van der Waals surface area contributed by atoms with E-state index in [0.29, 0.717) is 12.2 Å². The van der Waals surface area contributed by atoms with Crippen LogP contribution >= 0.6 is 0 Å². The van der Waals surface area contributed by atoms with Crippen LogP contribution in [0.2, 0.25) is 0 Å². The third-order valence-corrected chi connectivity index (χ3v) is 3.96. The Kier molecular flexibility index (Phi) is 3.84. The minimum atomic E-state index is -0.424. The SMILES string of the molecule is Cc1cccc(C(=O)CC2OCCc3ccccc32)c1F. The molecule has 1 aliphatic heterocycles. The first-order valence-electron chi connectivity index (χ1n) is 7.14. The van der Waals surface area contributed by atoms with Crippen LogP contribution in [0.5, 0.6) is 0 Å². The molecule has 1 atom stereocenters. The molecule has 0 amide bonds. The summed E-state index contributed by atoms with van der Waals surface area (Å²) in [6.07, 6.45) is 0.763. The molecule has 2 aromatic rings. The van der Waals surface area contributed by atoms with E-state index in [1.807, 2.05) is 18.2 Å². The predicted molar refractivity (Wildman–Crippen MR) is 78.9 cm³/mol. The second-order valence-corrected chi connectivity index (χ2v) is 5.37. The van der Waals surface area contributed by atoms with E-state index in [1.54, 1.807) is 25.1 Å². The van der Waals surface area contributed by atoms with Gasteiger partial charge in [-0.15, -0.1) is 0 Å². The van der Waals surface area contributed by atoms with E-state index in [9.17, 15) is 9.18 Å². The van der Waals surface area contributed by atoms with Gasteiger partial charge in [0, 0.05) is 6.42 Å². The molecule has 1 unspecified atom stereocenters. The number of hydrogen-bond acceptors (Lipinski definition) is 2. The van der Waals surface area contributed by atoms with Gasteiger partial charge in [0.1, 0.15) is 5.82 Å². The van der Waals surface area contributed by atoms with Crippen molar-refractivity contribution in [1.82, 2.24) is 0 Å². The lowest BCUT2D eigenvalue weighted by molar-refractivity contribution is 0.0350. The first-order valence-corrected chi connectivity index (χ1v) is 7.14. The van der Waals surface area contributed by atoms with Crippen LogP contribution in [0.3, 0.4) is 0 Å². The molecular weight excluding hydrogens is 267 g/mol. The number of fused-ring (bicyclic) bond motifs is 1. The van der Waals surface area contributed by atoms with E-state index >= 15 is 0 Å². The lowest BCUT2D eigenvalue weighted by Gasteiger charge is -2.25. The molecule has 2 aromatic carbocycles. The average molecular weight is 284 g/mol. The maximum Gasteiger partial charge on any atom is 0.168 e. The Balaban J connectivity index is 1.85. The summed E-state index contributed by atoms with van der Waals surface area (Å²) in [5.41, 5.74) is 2.91. The molecule has 2 nitrogen and oxygen atoms in total. The maximum absolute atomic E-state index is 14.0. The maximum atomic E-state index is 14.0. The summed E-state index contributed by atoms with van der Waals surface area (Å²) in [5, 5.41) is 0. The van der Waals surface area contributed by atoms with Gasteiger partial charge in [0.25, 0.3) is 0 Å². The van der Waals surface area contributed by atoms with Gasteiger partial charge in [-0.3, -0.25) is 4.79 Å². The molecule has 0 saturated heterocycles. The molecule has 108 valence electrons. The van der Waals surface area contributed by atoms with Crippen LogP contribution in [0.1, 0.15) is 39.6 Å². The number of aryl methyl sites for hydroxylation is 1. The number of rotatable bonds is 3. The fraction of sp³-hybridized carbons (Fsp3) is 0.278. The van der Waals surface area contributed by atoms with Gasteiger partial charge < -0.3 is 4.74 Å². The van der Waals surface area contributed by atoms with Crippen molar-refractivity contribution in [2.45, 2.75) is 25.9 Å². The van der Waals surface area contributed by atoms with Crippen LogP contribution in [-0.4, -0.2) is 12.4 Å². The summed E-state index contributed by atoms with van der Waals surface area (Å²) in [5.74, 6) is -0.635. The second kappa shape index (κ2) is 5.78. The number of carbonyl (C=O) groups is 1. The summed E-state index contributed by atoms with van der Waals surface area (Å²) in [4.78, 5) is 12.4. The van der Waals surface area contributed by atoms with Crippen molar-refractivity contribution in [2.75, 3.05) is 6.61 Å². The van der Waals surface area contributed by atoms with Gasteiger partial charge in [0.2, 0.25) is 0 Å².